The zero-order chi connectivity index (χ0) is 17.7. The van der Waals surface area contributed by atoms with Crippen LogP contribution in [-0.4, -0.2) is 28.0 Å². The van der Waals surface area contributed by atoms with E-state index in [2.05, 4.69) is 58.8 Å². The van der Waals surface area contributed by atoms with Crippen molar-refractivity contribution in [3.63, 3.8) is 0 Å². The number of hydrogen-bond donors (Lipinski definition) is 0. The molecule has 1 heterocycles. The summed E-state index contributed by atoms with van der Waals surface area (Å²) in [6.07, 6.45) is 5.06. The smallest absolute Gasteiger partial charge is 0.250 e. The number of nitrogens with zero attached hydrogens (tertiary/aromatic N) is 4. The monoisotopic (exact) mass is 384 g/mol. The second-order valence-corrected chi connectivity index (χ2v) is 7.49. The van der Waals surface area contributed by atoms with Gasteiger partial charge >= 0.3 is 0 Å². The van der Waals surface area contributed by atoms with Gasteiger partial charge in [0, 0.05) is 18.8 Å². The molecule has 7 heteroatoms. The highest BCUT2D eigenvalue weighted by atomic mass is 35.6. The molecule has 0 saturated heterocycles. The van der Waals surface area contributed by atoms with Crippen LogP contribution in [0.25, 0.3) is 12.2 Å². The second-order valence-electron chi connectivity index (χ2n) is 5.21. The van der Waals surface area contributed by atoms with E-state index in [9.17, 15) is 0 Å². The van der Waals surface area contributed by atoms with E-state index >= 15 is 0 Å². The molecule has 0 amide bonds. The van der Waals surface area contributed by atoms with Gasteiger partial charge in [-0.15, -0.1) is 0 Å². The van der Waals surface area contributed by atoms with E-state index in [1.165, 1.54) is 17.6 Å². The summed E-state index contributed by atoms with van der Waals surface area (Å²) in [6.45, 7) is 8.34. The molecule has 2 aromatic rings. The van der Waals surface area contributed by atoms with Crippen molar-refractivity contribution in [3.05, 3.63) is 47.3 Å². The molecule has 4 nitrogen and oxygen atoms in total. The summed E-state index contributed by atoms with van der Waals surface area (Å²) in [6, 6.07) is 6.36. The van der Waals surface area contributed by atoms with Gasteiger partial charge in [0.1, 0.15) is 6.33 Å². The van der Waals surface area contributed by atoms with E-state index in [0.29, 0.717) is 5.82 Å². The van der Waals surface area contributed by atoms with Gasteiger partial charge in [0.2, 0.25) is 3.79 Å². The third-order valence-electron chi connectivity index (χ3n) is 3.64. The van der Waals surface area contributed by atoms with Crippen LogP contribution in [0.4, 0.5) is 5.69 Å². The van der Waals surface area contributed by atoms with Crippen LogP contribution in [-0.2, 0) is 3.79 Å². The van der Waals surface area contributed by atoms with Crippen LogP contribution in [0.5, 0.6) is 0 Å². The zero-order valence-electron chi connectivity index (χ0n) is 13.8. The Kier molecular flexibility index (Phi) is 6.44. The first-order valence-corrected chi connectivity index (χ1v) is 8.78. The van der Waals surface area contributed by atoms with Crippen LogP contribution in [0.3, 0.4) is 0 Å². The number of hydrogen-bond acceptors (Lipinski definition) is 4. The van der Waals surface area contributed by atoms with Crippen molar-refractivity contribution in [2.24, 2.45) is 0 Å². The van der Waals surface area contributed by atoms with Gasteiger partial charge in [-0.1, -0.05) is 46.9 Å². The van der Waals surface area contributed by atoms with E-state index < -0.39 is 3.79 Å². The van der Waals surface area contributed by atoms with Gasteiger partial charge in [-0.25, -0.2) is 15.0 Å². The van der Waals surface area contributed by atoms with E-state index in [-0.39, 0.29) is 5.82 Å². The third kappa shape index (κ3) is 4.82. The topological polar surface area (TPSA) is 41.9 Å². The molecule has 0 bridgehead atoms. The Balaban J connectivity index is 2.24. The van der Waals surface area contributed by atoms with E-state index in [1.54, 1.807) is 6.08 Å². The Morgan fingerprint density at radius 3 is 2.38 bits per heavy atom. The fourth-order valence-electron chi connectivity index (χ4n) is 2.32. The Labute approximate surface area is 157 Å². The summed E-state index contributed by atoms with van der Waals surface area (Å²) < 4.78 is -1.66. The predicted octanol–water partition coefficient (Wildman–Crippen LogP) is 5.02. The van der Waals surface area contributed by atoms with Gasteiger partial charge < -0.3 is 4.90 Å². The molecule has 0 aliphatic heterocycles. The first-order chi connectivity index (χ1) is 11.3. The van der Waals surface area contributed by atoms with Gasteiger partial charge in [0.15, 0.2) is 11.6 Å². The lowest BCUT2D eigenvalue weighted by Crippen LogP contribution is -2.21. The van der Waals surface area contributed by atoms with Crippen molar-refractivity contribution in [3.8, 4) is 0 Å². The van der Waals surface area contributed by atoms with E-state index in [4.69, 9.17) is 34.8 Å². The summed E-state index contributed by atoms with van der Waals surface area (Å²) in [5, 5.41) is 0. The standard InChI is InChI=1S/C17H19Cl3N4/c1-4-24(5-2)14-8-6-13(12(3)10-14)7-9-15-21-11-22-16(23-15)17(18,19)20/h6-11H,4-5H2,1-3H3. The van der Waals surface area contributed by atoms with Gasteiger partial charge in [-0.3, -0.25) is 0 Å². The molecule has 0 atom stereocenters. The maximum atomic E-state index is 5.80. The first-order valence-electron chi connectivity index (χ1n) is 7.65. The van der Waals surface area contributed by atoms with Crippen LogP contribution < -0.4 is 4.90 Å². The van der Waals surface area contributed by atoms with Gasteiger partial charge in [-0.05, 0) is 50.1 Å². The number of alkyl halides is 3. The second kappa shape index (κ2) is 8.15. The van der Waals surface area contributed by atoms with Crippen molar-refractivity contribution >= 4 is 52.6 Å². The van der Waals surface area contributed by atoms with Crippen molar-refractivity contribution in [1.29, 1.82) is 0 Å². The Bertz CT molecular complexity index is 722. The summed E-state index contributed by atoms with van der Waals surface area (Å²) in [5.74, 6) is 0.550. The van der Waals surface area contributed by atoms with Crippen molar-refractivity contribution in [2.75, 3.05) is 18.0 Å². The molecule has 0 aliphatic carbocycles. The fraction of sp³-hybridized carbons (Fsp3) is 0.353. The Morgan fingerprint density at radius 1 is 1.08 bits per heavy atom. The van der Waals surface area contributed by atoms with Crippen molar-refractivity contribution in [2.45, 2.75) is 24.6 Å². The molecule has 0 fully saturated rings. The number of benzene rings is 1. The molecule has 0 saturated carbocycles. The Morgan fingerprint density at radius 2 is 1.79 bits per heavy atom. The molecule has 0 radical (unpaired) electrons. The lowest BCUT2D eigenvalue weighted by atomic mass is 10.1. The molecule has 128 valence electrons. The summed E-state index contributed by atoms with van der Waals surface area (Å²) in [4.78, 5) is 14.4. The van der Waals surface area contributed by atoms with Crippen LogP contribution in [0.2, 0.25) is 0 Å². The number of aryl methyl sites for hydroxylation is 1. The highest BCUT2D eigenvalue weighted by molar-refractivity contribution is 6.66. The number of aromatic nitrogens is 3. The lowest BCUT2D eigenvalue weighted by Gasteiger charge is -2.21. The van der Waals surface area contributed by atoms with E-state index in [1.807, 2.05) is 6.08 Å². The summed E-state index contributed by atoms with van der Waals surface area (Å²) in [7, 11) is 0. The maximum Gasteiger partial charge on any atom is 0.250 e. The summed E-state index contributed by atoms with van der Waals surface area (Å²) >= 11 is 17.4. The number of anilines is 1. The quantitative estimate of drug-likeness (QED) is 0.677. The molecule has 0 N–H and O–H groups in total. The predicted molar refractivity (Wildman–Crippen MR) is 103 cm³/mol. The zero-order valence-corrected chi connectivity index (χ0v) is 16.1. The molecule has 1 aromatic heterocycles. The highest BCUT2D eigenvalue weighted by Gasteiger charge is 2.26. The largest absolute Gasteiger partial charge is 0.372 e. The molecule has 2 rings (SSSR count). The number of halogens is 3. The molecule has 0 unspecified atom stereocenters. The maximum absolute atomic E-state index is 5.80. The SMILES string of the molecule is CCN(CC)c1ccc(C=Cc2ncnc(C(Cl)(Cl)Cl)n2)c(C)c1. The Hall–Kier alpha value is -1.36. The highest BCUT2D eigenvalue weighted by Crippen LogP contribution is 2.35. The molecule has 0 aliphatic rings. The minimum absolute atomic E-state index is 0.107. The molecule has 0 spiro atoms. The van der Waals surface area contributed by atoms with Gasteiger partial charge in [0.05, 0.1) is 0 Å². The molecule has 1 aromatic carbocycles. The van der Waals surface area contributed by atoms with Crippen LogP contribution >= 0.6 is 34.8 Å². The summed E-state index contributed by atoms with van der Waals surface area (Å²) in [5.41, 5.74) is 3.47. The van der Waals surface area contributed by atoms with Gasteiger partial charge in [0.25, 0.3) is 0 Å². The van der Waals surface area contributed by atoms with Crippen molar-refractivity contribution in [1.82, 2.24) is 15.0 Å². The van der Waals surface area contributed by atoms with Crippen molar-refractivity contribution < 1.29 is 0 Å². The van der Waals surface area contributed by atoms with Gasteiger partial charge in [-0.2, -0.15) is 0 Å². The van der Waals surface area contributed by atoms with Crippen LogP contribution in [0, 0.1) is 6.92 Å². The minimum Gasteiger partial charge on any atom is -0.372 e. The average molecular weight is 386 g/mol. The lowest BCUT2D eigenvalue weighted by molar-refractivity contribution is 0.865. The normalized spacial score (nSPS) is 11.9. The number of rotatable bonds is 5. The molecular formula is C17H19Cl3N4. The first kappa shape index (κ1) is 19.0. The van der Waals surface area contributed by atoms with E-state index in [0.717, 1.165) is 18.7 Å². The van der Waals surface area contributed by atoms with Crippen LogP contribution in [0.15, 0.2) is 24.5 Å². The molecular weight excluding hydrogens is 367 g/mol. The molecule has 24 heavy (non-hydrogen) atoms. The average Bonchev–Trinajstić information content (AvgIpc) is 2.55. The third-order valence-corrected chi connectivity index (χ3v) is 4.15. The fourth-order valence-corrected chi connectivity index (χ4v) is 2.60. The van der Waals surface area contributed by atoms with Crippen LogP contribution in [0.1, 0.15) is 36.6 Å². The minimum atomic E-state index is -1.66.